The average Bonchev–Trinajstić information content (AvgIpc) is 3.58. The number of aryl methyl sites for hydroxylation is 2. The molecule has 3 aromatic heterocycles. The first-order chi connectivity index (χ1) is 18.4. The first-order valence-corrected chi connectivity index (χ1v) is 12.8. The van der Waals surface area contributed by atoms with Crippen LogP contribution < -0.4 is 10.5 Å². The van der Waals surface area contributed by atoms with Gasteiger partial charge in [0.05, 0.1) is 18.0 Å². The Kier molecular flexibility index (Phi) is 5.84. The number of carbonyl (C=O) groups is 2. The second-order valence-corrected chi connectivity index (χ2v) is 9.75. The van der Waals surface area contributed by atoms with Gasteiger partial charge in [0, 0.05) is 50.3 Å². The van der Waals surface area contributed by atoms with Gasteiger partial charge in [-0.2, -0.15) is 9.50 Å². The van der Waals surface area contributed by atoms with Crippen LogP contribution >= 0.6 is 0 Å². The summed E-state index contributed by atoms with van der Waals surface area (Å²) >= 11 is 0. The summed E-state index contributed by atoms with van der Waals surface area (Å²) in [6.07, 6.45) is 5.47. The van der Waals surface area contributed by atoms with Crippen LogP contribution in [0.15, 0.2) is 17.2 Å². The molecule has 1 unspecified atom stereocenters. The van der Waals surface area contributed by atoms with E-state index < -0.39 is 5.97 Å². The van der Waals surface area contributed by atoms with Crippen LogP contribution in [-0.2, 0) is 22.5 Å². The van der Waals surface area contributed by atoms with Crippen molar-refractivity contribution < 1.29 is 19.4 Å². The second-order valence-electron chi connectivity index (χ2n) is 9.75. The van der Waals surface area contributed by atoms with Crippen LogP contribution in [0.4, 0.5) is 5.69 Å². The Morgan fingerprint density at radius 2 is 2.03 bits per heavy atom. The van der Waals surface area contributed by atoms with Gasteiger partial charge in [0.15, 0.2) is 17.3 Å². The minimum Gasteiger partial charge on any atom is -0.504 e. The summed E-state index contributed by atoms with van der Waals surface area (Å²) < 4.78 is 8.37. The Morgan fingerprint density at radius 3 is 2.82 bits per heavy atom. The normalized spacial score (nSPS) is 19.5. The highest BCUT2D eigenvalue weighted by atomic mass is 16.5. The molecule has 0 aromatic carbocycles. The van der Waals surface area contributed by atoms with Crippen molar-refractivity contribution >= 4 is 28.9 Å². The van der Waals surface area contributed by atoms with Crippen LogP contribution in [0.5, 0.6) is 5.75 Å². The number of amides is 1. The molecule has 13 nitrogen and oxygen atoms in total. The number of ether oxygens (including phenoxy) is 1. The molecule has 3 aliphatic heterocycles. The van der Waals surface area contributed by atoms with Crippen LogP contribution in [0.25, 0.3) is 11.4 Å². The molecule has 6 heterocycles. The minimum absolute atomic E-state index is 0.0146. The topological polar surface area (TPSA) is 148 Å². The molecule has 1 fully saturated rings. The van der Waals surface area contributed by atoms with E-state index >= 15 is 0 Å². The van der Waals surface area contributed by atoms with Crippen molar-refractivity contribution in [1.82, 2.24) is 34.0 Å². The molecule has 1 saturated heterocycles. The maximum Gasteiger partial charge on any atom is 0.331 e. The van der Waals surface area contributed by atoms with Gasteiger partial charge in [0.2, 0.25) is 5.78 Å². The number of nitrogens with zero attached hydrogens (tertiary/aromatic N) is 8. The van der Waals surface area contributed by atoms with Crippen LogP contribution in [0.2, 0.25) is 0 Å². The van der Waals surface area contributed by atoms with Crippen molar-refractivity contribution in [2.75, 3.05) is 31.1 Å². The predicted octanol–water partition coefficient (Wildman–Crippen LogP) is 0.713. The summed E-state index contributed by atoms with van der Waals surface area (Å²) in [5.74, 6) is -0.173. The van der Waals surface area contributed by atoms with Crippen LogP contribution in [-0.4, -0.2) is 83.3 Å². The lowest BCUT2D eigenvalue weighted by molar-refractivity contribution is -0.138. The van der Waals surface area contributed by atoms with Crippen molar-refractivity contribution in [2.45, 2.75) is 52.1 Å². The number of rotatable bonds is 4. The highest BCUT2D eigenvalue weighted by molar-refractivity contribution is 5.95. The van der Waals surface area contributed by atoms with E-state index in [-0.39, 0.29) is 35.6 Å². The lowest BCUT2D eigenvalue weighted by Crippen LogP contribution is -2.56. The third kappa shape index (κ3) is 3.80. The molecule has 198 valence electrons. The van der Waals surface area contributed by atoms with Crippen LogP contribution in [0.1, 0.15) is 53.9 Å². The van der Waals surface area contributed by atoms with E-state index in [4.69, 9.17) is 4.74 Å². The molecule has 3 aromatic rings. The zero-order valence-corrected chi connectivity index (χ0v) is 21.3. The third-order valence-electron chi connectivity index (χ3n) is 7.55. The van der Waals surface area contributed by atoms with E-state index in [1.54, 1.807) is 11.8 Å². The fraction of sp³-hybridized carbons (Fsp3) is 0.480. The third-order valence-corrected chi connectivity index (χ3v) is 7.55. The van der Waals surface area contributed by atoms with Gasteiger partial charge in [-0.05, 0) is 26.2 Å². The summed E-state index contributed by atoms with van der Waals surface area (Å²) in [5, 5.41) is 14.9. The van der Waals surface area contributed by atoms with Gasteiger partial charge in [-0.3, -0.25) is 9.59 Å². The Hall–Kier alpha value is -4.29. The van der Waals surface area contributed by atoms with E-state index in [9.17, 15) is 19.5 Å². The first-order valence-electron chi connectivity index (χ1n) is 12.8. The molecule has 1 atom stereocenters. The number of anilines is 1. The average molecular weight is 521 g/mol. The summed E-state index contributed by atoms with van der Waals surface area (Å²) in [6, 6.07) is -0.118. The zero-order chi connectivity index (χ0) is 26.6. The van der Waals surface area contributed by atoms with Gasteiger partial charge in [0.25, 0.3) is 11.5 Å². The van der Waals surface area contributed by atoms with Gasteiger partial charge in [-0.15, -0.1) is 5.10 Å². The van der Waals surface area contributed by atoms with Gasteiger partial charge >= 0.3 is 5.97 Å². The number of aromatic nitrogens is 6. The largest absolute Gasteiger partial charge is 0.504 e. The van der Waals surface area contributed by atoms with E-state index in [2.05, 4.69) is 25.0 Å². The molecule has 13 heteroatoms. The second kappa shape index (κ2) is 9.23. The molecular formula is C25H28N8O5. The predicted molar refractivity (Wildman–Crippen MR) is 135 cm³/mol. The molecule has 0 aliphatic carbocycles. The number of carbonyl (C=O) groups excluding carboxylic acids is 2. The smallest absolute Gasteiger partial charge is 0.331 e. The molecule has 6 rings (SSSR count). The first kappa shape index (κ1) is 24.1. The Balaban J connectivity index is 1.36. The van der Waals surface area contributed by atoms with E-state index in [1.807, 2.05) is 11.5 Å². The number of hydrogen-bond donors (Lipinski definition) is 1. The fourth-order valence-electron chi connectivity index (χ4n) is 5.56. The van der Waals surface area contributed by atoms with Gasteiger partial charge in [-0.1, -0.05) is 6.92 Å². The van der Waals surface area contributed by atoms with Crippen LogP contribution in [0.3, 0.4) is 0 Å². The molecule has 0 radical (unpaired) electrons. The quantitative estimate of drug-likeness (QED) is 0.488. The summed E-state index contributed by atoms with van der Waals surface area (Å²) in [6.45, 7) is 5.81. The standard InChI is InChI=1S/C25H28N8O5/c1-3-16-12-30(23(36)19-21(35)14(2)26-13-27-19)8-9-31(16)20-17-5-4-7-32(17)25-28-22(29-33(25)24(20)37)15-6-10-38-18(34)11-15/h11,13,16,35H,3-10,12H2,1-2H3. The van der Waals surface area contributed by atoms with Crippen molar-refractivity contribution in [3.05, 3.63) is 45.7 Å². The monoisotopic (exact) mass is 520 g/mol. The lowest BCUT2D eigenvalue weighted by atomic mass is 10.1. The fourth-order valence-corrected chi connectivity index (χ4v) is 5.56. The SMILES string of the molecule is CCC1CN(C(=O)c2ncnc(C)c2O)CCN1c1c2n(c3nc(C4=CC(=O)OCC4)nn3c1=O)CCC2. The molecule has 0 bridgehead atoms. The van der Waals surface area contributed by atoms with Crippen molar-refractivity contribution in [3.63, 3.8) is 0 Å². The number of hydrogen-bond acceptors (Lipinski definition) is 10. The molecule has 38 heavy (non-hydrogen) atoms. The maximum absolute atomic E-state index is 13.9. The van der Waals surface area contributed by atoms with Crippen molar-refractivity contribution in [1.29, 1.82) is 0 Å². The number of piperazine rings is 1. The number of esters is 1. The molecular weight excluding hydrogens is 492 g/mol. The van der Waals surface area contributed by atoms with E-state index in [1.165, 1.54) is 16.9 Å². The Morgan fingerprint density at radius 1 is 1.18 bits per heavy atom. The molecule has 1 amide bonds. The van der Waals surface area contributed by atoms with Crippen molar-refractivity contribution in [2.24, 2.45) is 0 Å². The van der Waals surface area contributed by atoms with Gasteiger partial charge in [-0.25, -0.2) is 14.8 Å². The Bertz CT molecular complexity index is 1560. The highest BCUT2D eigenvalue weighted by Crippen LogP contribution is 2.30. The van der Waals surface area contributed by atoms with Crippen molar-refractivity contribution in [3.8, 4) is 5.75 Å². The lowest BCUT2D eigenvalue weighted by Gasteiger charge is -2.42. The van der Waals surface area contributed by atoms with Crippen LogP contribution in [0, 0.1) is 6.92 Å². The molecule has 0 spiro atoms. The Labute approximate surface area is 217 Å². The number of fused-ring (bicyclic) bond motifs is 3. The van der Waals surface area contributed by atoms with Gasteiger partial charge in [0.1, 0.15) is 12.0 Å². The van der Waals surface area contributed by atoms with E-state index in [0.717, 1.165) is 18.5 Å². The minimum atomic E-state index is -0.435. The van der Waals surface area contributed by atoms with E-state index in [0.29, 0.717) is 67.6 Å². The zero-order valence-electron chi connectivity index (χ0n) is 21.3. The number of aromatic hydroxyl groups is 1. The highest BCUT2D eigenvalue weighted by Gasteiger charge is 2.36. The maximum atomic E-state index is 13.9. The molecule has 3 aliphatic rings. The summed E-state index contributed by atoms with van der Waals surface area (Å²) in [5.41, 5.74) is 2.23. The summed E-state index contributed by atoms with van der Waals surface area (Å²) in [7, 11) is 0. The number of cyclic esters (lactones) is 1. The summed E-state index contributed by atoms with van der Waals surface area (Å²) in [4.78, 5) is 55.2. The molecule has 1 N–H and O–H groups in total. The molecule has 0 saturated carbocycles. The van der Waals surface area contributed by atoms with Gasteiger partial charge < -0.3 is 24.2 Å².